The SMILES string of the molecule is COC(=O)C(=O)N/C=C\c1cn(S(=O)(=O)c2ccc(C)cc2)c2cc(Br)c(Br)cc12. The van der Waals surface area contributed by atoms with Crippen LogP contribution in [-0.4, -0.2) is 31.4 Å². The third-order valence-electron chi connectivity index (χ3n) is 4.27. The van der Waals surface area contributed by atoms with Crippen LogP contribution in [0.25, 0.3) is 17.0 Å². The Labute approximate surface area is 190 Å². The molecule has 0 radical (unpaired) electrons. The summed E-state index contributed by atoms with van der Waals surface area (Å²) in [6.07, 6.45) is 4.22. The standard InChI is InChI=1S/C20H16Br2N2O5S/c1-12-3-5-14(6-4-12)30(27,28)24-11-13(7-8-23-19(25)20(26)29-2)15-9-16(21)17(22)10-18(15)24/h3-11H,1-2H3,(H,23,25)/b8-7-. The summed E-state index contributed by atoms with van der Waals surface area (Å²) in [5.41, 5.74) is 1.92. The highest BCUT2D eigenvalue weighted by atomic mass is 79.9. The minimum atomic E-state index is -3.86. The van der Waals surface area contributed by atoms with Crippen molar-refractivity contribution in [1.29, 1.82) is 0 Å². The van der Waals surface area contributed by atoms with E-state index in [9.17, 15) is 18.0 Å². The van der Waals surface area contributed by atoms with E-state index in [1.165, 1.54) is 22.4 Å². The molecule has 0 saturated heterocycles. The molecule has 30 heavy (non-hydrogen) atoms. The molecule has 10 heteroatoms. The van der Waals surface area contributed by atoms with Crippen LogP contribution in [0, 0.1) is 6.92 Å². The molecule has 0 unspecified atom stereocenters. The number of nitrogens with zero attached hydrogens (tertiary/aromatic N) is 1. The molecule has 0 atom stereocenters. The zero-order chi connectivity index (χ0) is 22.1. The van der Waals surface area contributed by atoms with Gasteiger partial charge in [0.25, 0.3) is 10.0 Å². The number of esters is 1. The van der Waals surface area contributed by atoms with E-state index in [0.717, 1.165) is 17.1 Å². The van der Waals surface area contributed by atoms with E-state index in [1.54, 1.807) is 36.4 Å². The number of nitrogens with one attached hydrogen (secondary N) is 1. The van der Waals surface area contributed by atoms with Gasteiger partial charge >= 0.3 is 11.9 Å². The van der Waals surface area contributed by atoms with Crippen LogP contribution in [-0.2, 0) is 24.3 Å². The third kappa shape index (κ3) is 4.35. The molecule has 7 nitrogen and oxygen atoms in total. The van der Waals surface area contributed by atoms with Crippen molar-refractivity contribution >= 4 is 70.7 Å². The van der Waals surface area contributed by atoms with E-state index in [-0.39, 0.29) is 4.90 Å². The third-order valence-corrected chi connectivity index (χ3v) is 7.80. The maximum Gasteiger partial charge on any atom is 0.396 e. The van der Waals surface area contributed by atoms with Crippen LogP contribution in [0.4, 0.5) is 0 Å². The van der Waals surface area contributed by atoms with Crippen LogP contribution in [0.15, 0.2) is 62.6 Å². The maximum absolute atomic E-state index is 13.3. The molecule has 0 aliphatic rings. The van der Waals surface area contributed by atoms with Crippen LogP contribution in [0.1, 0.15) is 11.1 Å². The Kier molecular flexibility index (Phi) is 6.49. The van der Waals surface area contributed by atoms with Crippen LogP contribution < -0.4 is 5.32 Å². The van der Waals surface area contributed by atoms with Crippen molar-refractivity contribution in [3.8, 4) is 0 Å². The number of aryl methyl sites for hydroxylation is 1. The Morgan fingerprint density at radius 2 is 1.73 bits per heavy atom. The maximum atomic E-state index is 13.3. The highest BCUT2D eigenvalue weighted by Crippen LogP contribution is 2.34. The molecule has 1 N–H and O–H groups in total. The van der Waals surface area contributed by atoms with Crippen molar-refractivity contribution in [2.45, 2.75) is 11.8 Å². The molecule has 0 aliphatic carbocycles. The number of halogens is 2. The minimum Gasteiger partial charge on any atom is -0.462 e. The van der Waals surface area contributed by atoms with Gasteiger partial charge in [0, 0.05) is 32.3 Å². The van der Waals surface area contributed by atoms with E-state index in [1.807, 2.05) is 6.92 Å². The monoisotopic (exact) mass is 554 g/mol. The van der Waals surface area contributed by atoms with Gasteiger partial charge in [0.1, 0.15) is 0 Å². The van der Waals surface area contributed by atoms with Crippen LogP contribution in [0.2, 0.25) is 0 Å². The molecule has 1 amide bonds. The van der Waals surface area contributed by atoms with Gasteiger partial charge in [0.05, 0.1) is 17.5 Å². The fraction of sp³-hybridized carbons (Fsp3) is 0.100. The zero-order valence-corrected chi connectivity index (χ0v) is 19.8. The summed E-state index contributed by atoms with van der Waals surface area (Å²) in [6.45, 7) is 1.88. The molecule has 2 aromatic carbocycles. The number of fused-ring (bicyclic) bond motifs is 1. The predicted molar refractivity (Wildman–Crippen MR) is 120 cm³/mol. The largest absolute Gasteiger partial charge is 0.462 e. The van der Waals surface area contributed by atoms with Crippen LogP contribution >= 0.6 is 31.9 Å². The predicted octanol–water partition coefficient (Wildman–Crippen LogP) is 3.97. The molecule has 3 rings (SSSR count). The van der Waals surface area contributed by atoms with Crippen molar-refractivity contribution in [3.63, 3.8) is 0 Å². The van der Waals surface area contributed by atoms with Gasteiger partial charge in [-0.25, -0.2) is 17.2 Å². The van der Waals surface area contributed by atoms with Crippen molar-refractivity contribution < 1.29 is 22.7 Å². The topological polar surface area (TPSA) is 94.5 Å². The summed E-state index contributed by atoms with van der Waals surface area (Å²) < 4.78 is 33.5. The van der Waals surface area contributed by atoms with E-state index in [4.69, 9.17) is 0 Å². The molecule has 0 saturated carbocycles. The smallest absolute Gasteiger partial charge is 0.396 e. The second kappa shape index (κ2) is 8.75. The Morgan fingerprint density at radius 1 is 1.10 bits per heavy atom. The average molecular weight is 556 g/mol. The second-order valence-corrected chi connectivity index (χ2v) is 9.80. The number of amides is 1. The number of hydrogen-bond donors (Lipinski definition) is 1. The molecule has 0 fully saturated rings. The summed E-state index contributed by atoms with van der Waals surface area (Å²) in [4.78, 5) is 22.9. The summed E-state index contributed by atoms with van der Waals surface area (Å²) in [6, 6.07) is 10.0. The van der Waals surface area contributed by atoms with Gasteiger partial charge < -0.3 is 10.1 Å². The van der Waals surface area contributed by atoms with Gasteiger partial charge in [-0.2, -0.15) is 0 Å². The number of methoxy groups -OCH3 is 1. The molecule has 0 spiro atoms. The molecule has 0 aliphatic heterocycles. The number of aromatic nitrogens is 1. The summed E-state index contributed by atoms with van der Waals surface area (Å²) >= 11 is 6.83. The van der Waals surface area contributed by atoms with E-state index >= 15 is 0 Å². The average Bonchev–Trinajstić information content (AvgIpc) is 3.06. The van der Waals surface area contributed by atoms with Gasteiger partial charge in [-0.05, 0) is 69.1 Å². The lowest BCUT2D eigenvalue weighted by molar-refractivity contribution is -0.152. The lowest BCUT2D eigenvalue weighted by Crippen LogP contribution is -2.27. The van der Waals surface area contributed by atoms with E-state index in [2.05, 4.69) is 41.9 Å². The zero-order valence-electron chi connectivity index (χ0n) is 15.8. The minimum absolute atomic E-state index is 0.151. The van der Waals surface area contributed by atoms with E-state index in [0.29, 0.717) is 20.9 Å². The van der Waals surface area contributed by atoms with Gasteiger partial charge in [-0.1, -0.05) is 17.7 Å². The summed E-state index contributed by atoms with van der Waals surface area (Å²) in [7, 11) is -2.76. The van der Waals surface area contributed by atoms with Crippen molar-refractivity contribution in [3.05, 3.63) is 68.9 Å². The molecule has 0 bridgehead atoms. The summed E-state index contributed by atoms with van der Waals surface area (Å²) in [5.74, 6) is -1.97. The second-order valence-electron chi connectivity index (χ2n) is 6.28. The number of rotatable bonds is 4. The van der Waals surface area contributed by atoms with Gasteiger partial charge in [-0.3, -0.25) is 4.79 Å². The summed E-state index contributed by atoms with van der Waals surface area (Å²) in [5, 5.41) is 2.91. The van der Waals surface area contributed by atoms with Crippen LogP contribution in [0.3, 0.4) is 0 Å². The number of carbonyl (C=O) groups excluding carboxylic acids is 2. The van der Waals surface area contributed by atoms with Gasteiger partial charge in [-0.15, -0.1) is 0 Å². The van der Waals surface area contributed by atoms with Gasteiger partial charge in [0.15, 0.2) is 0 Å². The fourth-order valence-electron chi connectivity index (χ4n) is 2.73. The Balaban J connectivity index is 2.12. The Morgan fingerprint density at radius 3 is 2.37 bits per heavy atom. The first-order valence-corrected chi connectivity index (χ1v) is 11.6. The highest BCUT2D eigenvalue weighted by Gasteiger charge is 2.21. The molecular weight excluding hydrogens is 540 g/mol. The number of carbonyl (C=O) groups is 2. The van der Waals surface area contributed by atoms with Crippen molar-refractivity contribution in [2.24, 2.45) is 0 Å². The first-order chi connectivity index (χ1) is 14.1. The lowest BCUT2D eigenvalue weighted by atomic mass is 10.2. The normalized spacial score (nSPS) is 11.7. The number of hydrogen-bond acceptors (Lipinski definition) is 5. The molecule has 3 aromatic rings. The van der Waals surface area contributed by atoms with Crippen molar-refractivity contribution in [1.82, 2.24) is 9.29 Å². The van der Waals surface area contributed by atoms with Gasteiger partial charge in [0.2, 0.25) is 0 Å². The molecule has 1 aromatic heterocycles. The number of ether oxygens (including phenoxy) is 1. The first kappa shape index (κ1) is 22.3. The number of benzene rings is 2. The molecule has 1 heterocycles. The Bertz CT molecular complexity index is 1280. The molecular formula is C20H16Br2N2O5S. The fourth-order valence-corrected chi connectivity index (χ4v) is 4.77. The van der Waals surface area contributed by atoms with E-state index < -0.39 is 21.9 Å². The highest BCUT2D eigenvalue weighted by molar-refractivity contribution is 9.13. The Hall–Kier alpha value is -2.43. The van der Waals surface area contributed by atoms with Crippen molar-refractivity contribution in [2.75, 3.05) is 7.11 Å². The quantitative estimate of drug-likeness (QED) is 0.388. The lowest BCUT2D eigenvalue weighted by Gasteiger charge is -2.08. The first-order valence-electron chi connectivity index (χ1n) is 8.53. The van der Waals surface area contributed by atoms with Crippen LogP contribution in [0.5, 0.6) is 0 Å². The molecule has 156 valence electrons.